The molecule has 4 rings (SSSR count). The van der Waals surface area contributed by atoms with Crippen LogP contribution in [0.4, 0.5) is 21.5 Å². The Balaban J connectivity index is 1.84. The van der Waals surface area contributed by atoms with Crippen LogP contribution in [0.25, 0.3) is 5.57 Å². The molecular formula is C24H18FN3O4. The summed E-state index contributed by atoms with van der Waals surface area (Å²) in [6.07, 6.45) is 0. The number of amides is 2. The second-order valence-electron chi connectivity index (χ2n) is 7.48. The third kappa shape index (κ3) is 3.85. The van der Waals surface area contributed by atoms with Gasteiger partial charge in [-0.15, -0.1) is 0 Å². The number of rotatable bonds is 5. The number of nitro groups is 1. The molecule has 32 heavy (non-hydrogen) atoms. The van der Waals surface area contributed by atoms with Crippen molar-refractivity contribution >= 4 is 34.4 Å². The lowest BCUT2D eigenvalue weighted by molar-refractivity contribution is -0.384. The summed E-state index contributed by atoms with van der Waals surface area (Å²) in [6.45, 7) is 3.81. The van der Waals surface area contributed by atoms with E-state index in [2.05, 4.69) is 5.32 Å². The molecular weight excluding hydrogens is 413 g/mol. The number of carbonyl (C=O) groups excluding carboxylic acids is 2. The van der Waals surface area contributed by atoms with Crippen LogP contribution in [-0.2, 0) is 9.59 Å². The van der Waals surface area contributed by atoms with Crippen LogP contribution in [0.15, 0.2) is 72.4 Å². The summed E-state index contributed by atoms with van der Waals surface area (Å²) < 4.78 is 13.8. The zero-order chi connectivity index (χ0) is 23.0. The van der Waals surface area contributed by atoms with Crippen LogP contribution >= 0.6 is 0 Å². The molecule has 0 radical (unpaired) electrons. The summed E-state index contributed by atoms with van der Waals surface area (Å²) in [5, 5.41) is 14.0. The maximum atomic E-state index is 13.8. The molecule has 2 amide bonds. The molecule has 1 aliphatic heterocycles. The fraction of sp³-hybridized carbons (Fsp3) is 0.0833. The SMILES string of the molecule is Cc1cc(C)cc(NC2=C(c3ccc([N+](=O)[O-])cc3)C(=O)N(c3cccc(F)c3)C2=O)c1. The molecule has 0 aliphatic carbocycles. The van der Waals surface area contributed by atoms with Gasteiger partial charge in [0.05, 0.1) is 16.2 Å². The Morgan fingerprint density at radius 3 is 2.16 bits per heavy atom. The molecule has 160 valence electrons. The molecule has 1 heterocycles. The van der Waals surface area contributed by atoms with Gasteiger partial charge in [0, 0.05) is 17.8 Å². The Hall–Kier alpha value is -4.33. The zero-order valence-electron chi connectivity index (χ0n) is 17.3. The van der Waals surface area contributed by atoms with Crippen molar-refractivity contribution in [1.29, 1.82) is 0 Å². The number of aryl methyl sites for hydroxylation is 2. The Kier molecular flexibility index (Phi) is 5.28. The number of nitrogens with zero attached hydrogens (tertiary/aromatic N) is 2. The molecule has 0 atom stereocenters. The number of imide groups is 1. The van der Waals surface area contributed by atoms with Crippen molar-refractivity contribution < 1.29 is 18.9 Å². The van der Waals surface area contributed by atoms with Gasteiger partial charge in [-0.1, -0.05) is 12.1 Å². The fourth-order valence-electron chi connectivity index (χ4n) is 3.70. The lowest BCUT2D eigenvalue weighted by Crippen LogP contribution is -2.32. The minimum atomic E-state index is -0.652. The van der Waals surface area contributed by atoms with Gasteiger partial charge in [0.2, 0.25) is 0 Å². The van der Waals surface area contributed by atoms with Gasteiger partial charge in [-0.2, -0.15) is 0 Å². The van der Waals surface area contributed by atoms with Gasteiger partial charge in [0.25, 0.3) is 17.5 Å². The second kappa shape index (κ2) is 8.07. The van der Waals surface area contributed by atoms with Crippen molar-refractivity contribution in [3.05, 3.63) is 105 Å². The lowest BCUT2D eigenvalue weighted by atomic mass is 10.0. The number of non-ortho nitro benzene ring substituents is 1. The van der Waals surface area contributed by atoms with Crippen molar-refractivity contribution in [3.8, 4) is 0 Å². The molecule has 1 N–H and O–H groups in total. The molecule has 3 aromatic carbocycles. The van der Waals surface area contributed by atoms with Crippen LogP contribution < -0.4 is 10.2 Å². The summed E-state index contributed by atoms with van der Waals surface area (Å²) in [4.78, 5) is 38.0. The summed E-state index contributed by atoms with van der Waals surface area (Å²) in [7, 11) is 0. The van der Waals surface area contributed by atoms with E-state index in [9.17, 15) is 24.1 Å². The van der Waals surface area contributed by atoms with Gasteiger partial charge in [0.1, 0.15) is 11.5 Å². The van der Waals surface area contributed by atoms with E-state index in [1.54, 1.807) is 0 Å². The van der Waals surface area contributed by atoms with E-state index < -0.39 is 22.6 Å². The number of nitro benzene ring substituents is 1. The highest BCUT2D eigenvalue weighted by Crippen LogP contribution is 2.34. The highest BCUT2D eigenvalue weighted by Gasteiger charge is 2.40. The van der Waals surface area contributed by atoms with Crippen LogP contribution in [0.1, 0.15) is 16.7 Å². The molecule has 0 bridgehead atoms. The maximum absolute atomic E-state index is 13.8. The van der Waals surface area contributed by atoms with Crippen molar-refractivity contribution in [2.75, 3.05) is 10.2 Å². The number of nitrogens with one attached hydrogen (secondary N) is 1. The second-order valence-corrected chi connectivity index (χ2v) is 7.48. The molecule has 1 aliphatic rings. The van der Waals surface area contributed by atoms with Crippen LogP contribution in [-0.4, -0.2) is 16.7 Å². The van der Waals surface area contributed by atoms with E-state index in [-0.39, 0.29) is 22.6 Å². The van der Waals surface area contributed by atoms with E-state index in [0.29, 0.717) is 11.3 Å². The topological polar surface area (TPSA) is 92.6 Å². The normalized spacial score (nSPS) is 13.7. The first kappa shape index (κ1) is 20.9. The molecule has 7 nitrogen and oxygen atoms in total. The highest BCUT2D eigenvalue weighted by atomic mass is 19.1. The minimum absolute atomic E-state index is 0.0121. The first-order valence-electron chi connectivity index (χ1n) is 9.73. The van der Waals surface area contributed by atoms with E-state index in [4.69, 9.17) is 0 Å². The average Bonchev–Trinajstić information content (AvgIpc) is 2.97. The molecule has 0 aromatic heterocycles. The third-order valence-electron chi connectivity index (χ3n) is 5.01. The van der Waals surface area contributed by atoms with E-state index in [0.717, 1.165) is 22.1 Å². The number of benzene rings is 3. The van der Waals surface area contributed by atoms with Gasteiger partial charge in [-0.25, -0.2) is 9.29 Å². The average molecular weight is 431 g/mol. The summed E-state index contributed by atoms with van der Waals surface area (Å²) in [5.74, 6) is -1.88. The lowest BCUT2D eigenvalue weighted by Gasteiger charge is -2.15. The predicted molar refractivity (Wildman–Crippen MR) is 118 cm³/mol. The van der Waals surface area contributed by atoms with Crippen molar-refractivity contribution in [2.45, 2.75) is 13.8 Å². The van der Waals surface area contributed by atoms with Crippen LogP contribution in [0.5, 0.6) is 0 Å². The van der Waals surface area contributed by atoms with Gasteiger partial charge in [0.15, 0.2) is 0 Å². The summed E-state index contributed by atoms with van der Waals surface area (Å²) >= 11 is 0. The molecule has 0 fully saturated rings. The minimum Gasteiger partial charge on any atom is -0.350 e. The molecule has 3 aromatic rings. The monoisotopic (exact) mass is 431 g/mol. The summed E-state index contributed by atoms with van der Waals surface area (Å²) in [5.41, 5.74) is 2.88. The Morgan fingerprint density at radius 1 is 0.906 bits per heavy atom. The van der Waals surface area contributed by atoms with Crippen molar-refractivity contribution in [2.24, 2.45) is 0 Å². The molecule has 8 heteroatoms. The Bertz CT molecular complexity index is 1280. The smallest absolute Gasteiger partial charge is 0.282 e. The van der Waals surface area contributed by atoms with Gasteiger partial charge in [-0.05, 0) is 73.0 Å². The number of hydrogen-bond acceptors (Lipinski definition) is 5. The Labute approximate surface area is 182 Å². The quantitative estimate of drug-likeness (QED) is 0.358. The largest absolute Gasteiger partial charge is 0.350 e. The molecule has 0 saturated carbocycles. The molecule has 0 saturated heterocycles. The maximum Gasteiger partial charge on any atom is 0.282 e. The number of carbonyl (C=O) groups is 2. The number of hydrogen-bond donors (Lipinski definition) is 1. The molecule has 0 spiro atoms. The van der Waals surface area contributed by atoms with Crippen molar-refractivity contribution in [3.63, 3.8) is 0 Å². The van der Waals surface area contributed by atoms with E-state index in [1.165, 1.54) is 42.5 Å². The van der Waals surface area contributed by atoms with E-state index in [1.807, 2.05) is 32.0 Å². The van der Waals surface area contributed by atoms with Gasteiger partial charge >= 0.3 is 0 Å². The van der Waals surface area contributed by atoms with Crippen LogP contribution in [0.2, 0.25) is 0 Å². The van der Waals surface area contributed by atoms with Gasteiger partial charge < -0.3 is 5.32 Å². The first-order chi connectivity index (χ1) is 15.2. The highest BCUT2D eigenvalue weighted by molar-refractivity contribution is 6.46. The van der Waals surface area contributed by atoms with Gasteiger partial charge in [-0.3, -0.25) is 19.7 Å². The van der Waals surface area contributed by atoms with E-state index >= 15 is 0 Å². The number of anilines is 2. The number of halogens is 1. The predicted octanol–water partition coefficient (Wildman–Crippen LogP) is 4.75. The Morgan fingerprint density at radius 2 is 1.56 bits per heavy atom. The van der Waals surface area contributed by atoms with Crippen LogP contribution in [0, 0.1) is 29.8 Å². The standard InChI is InChI=1S/C24H18FN3O4/c1-14-10-15(2)12-18(11-14)26-22-21(16-6-8-19(9-7-16)28(31)32)23(29)27(24(22)30)20-5-3-4-17(25)13-20/h3-13,26H,1-2H3. The summed E-state index contributed by atoms with van der Waals surface area (Å²) in [6, 6.07) is 16.2. The van der Waals surface area contributed by atoms with Crippen molar-refractivity contribution in [1.82, 2.24) is 0 Å². The van der Waals surface area contributed by atoms with Crippen LogP contribution in [0.3, 0.4) is 0 Å². The molecule has 0 unspecified atom stereocenters. The third-order valence-corrected chi connectivity index (χ3v) is 5.01. The first-order valence-corrected chi connectivity index (χ1v) is 9.73. The fourth-order valence-corrected chi connectivity index (χ4v) is 3.70. The zero-order valence-corrected chi connectivity index (χ0v) is 17.3.